The number of rotatable bonds is 1. The molecule has 4 aliphatic heterocycles. The summed E-state index contributed by atoms with van der Waals surface area (Å²) in [5, 5.41) is 13.8. The van der Waals surface area contributed by atoms with Crippen LogP contribution >= 0.6 is 0 Å². The first-order chi connectivity index (χ1) is 17.5. The normalized spacial score (nSPS) is 24.2. The molecular formula is C27H24F2N4O3. The second-order valence-electron chi connectivity index (χ2n) is 9.46. The van der Waals surface area contributed by atoms with Gasteiger partial charge in [0.1, 0.15) is 29.7 Å². The molecule has 0 bridgehead atoms. The lowest BCUT2D eigenvalue weighted by Gasteiger charge is -2.51. The largest absolute Gasteiger partial charge is 0.507 e. The van der Waals surface area contributed by atoms with E-state index in [2.05, 4.69) is 15.2 Å². The van der Waals surface area contributed by atoms with Gasteiger partial charge in [-0.2, -0.15) is 0 Å². The Kier molecular flexibility index (Phi) is 4.74. The van der Waals surface area contributed by atoms with E-state index in [-0.39, 0.29) is 29.2 Å². The SMILES string of the molecule is CC1OC2C3=C(c4cc(F)c(-c5c(O)cccc5F)nc4N2c2ccccc21)N1CCNC[C@@H]1CO3. The Balaban J connectivity index is 1.51. The smallest absolute Gasteiger partial charge is 0.196 e. The fraction of sp³-hybridized carbons (Fsp3) is 0.296. The average Bonchev–Trinajstić information content (AvgIpc) is 2.89. The summed E-state index contributed by atoms with van der Waals surface area (Å²) in [6.45, 7) is 4.74. The van der Waals surface area contributed by atoms with Crippen LogP contribution in [-0.4, -0.2) is 53.5 Å². The Hall–Kier alpha value is -3.69. The van der Waals surface area contributed by atoms with E-state index in [0.717, 1.165) is 36.6 Å². The molecule has 0 amide bonds. The number of piperazine rings is 1. The molecule has 0 spiro atoms. The first kappa shape index (κ1) is 21.6. The number of pyridine rings is 1. The molecule has 4 aliphatic rings. The van der Waals surface area contributed by atoms with E-state index in [0.29, 0.717) is 23.7 Å². The van der Waals surface area contributed by atoms with Gasteiger partial charge in [-0.3, -0.25) is 4.90 Å². The third-order valence-electron chi connectivity index (χ3n) is 7.40. The molecule has 3 atom stereocenters. The van der Waals surface area contributed by atoms with Crippen molar-refractivity contribution in [3.05, 3.63) is 77.1 Å². The van der Waals surface area contributed by atoms with Crippen LogP contribution in [0, 0.1) is 11.6 Å². The molecule has 5 heterocycles. The van der Waals surface area contributed by atoms with Crippen LogP contribution < -0.4 is 10.2 Å². The number of ether oxygens (including phenoxy) is 2. The second kappa shape index (κ2) is 7.91. The van der Waals surface area contributed by atoms with Crippen LogP contribution in [0.4, 0.5) is 20.3 Å². The Bertz CT molecular complexity index is 1410. The predicted octanol–water partition coefficient (Wildman–Crippen LogP) is 4.27. The zero-order valence-electron chi connectivity index (χ0n) is 19.5. The van der Waals surface area contributed by atoms with Gasteiger partial charge < -0.3 is 24.8 Å². The summed E-state index contributed by atoms with van der Waals surface area (Å²) >= 11 is 0. The number of anilines is 2. The zero-order valence-corrected chi connectivity index (χ0v) is 19.5. The molecule has 2 unspecified atom stereocenters. The van der Waals surface area contributed by atoms with E-state index in [9.17, 15) is 9.50 Å². The summed E-state index contributed by atoms with van der Waals surface area (Å²) in [5.41, 5.74) is 2.61. The second-order valence-corrected chi connectivity index (χ2v) is 9.46. The maximum absolute atomic E-state index is 15.7. The monoisotopic (exact) mass is 490 g/mol. The molecule has 3 aromatic rings. The number of hydrogen-bond donors (Lipinski definition) is 2. The predicted molar refractivity (Wildman–Crippen MR) is 129 cm³/mol. The standard InChI is InChI=1S/C27H24F2N4O3/c1-14-16-5-2-3-7-20(16)33-26-17(11-19(29)23(31-26)22-18(28)6-4-8-21(22)34)24-25(27(33)36-14)35-13-15-12-30-9-10-32(15)24/h2-8,11,14-15,27,30,34H,9-10,12-13H2,1H3/t14?,15-,27?/m1/s1. The maximum atomic E-state index is 15.7. The summed E-state index contributed by atoms with van der Waals surface area (Å²) in [5.74, 6) is -0.790. The van der Waals surface area contributed by atoms with Crippen molar-refractivity contribution >= 4 is 17.2 Å². The van der Waals surface area contributed by atoms with E-state index < -0.39 is 17.9 Å². The van der Waals surface area contributed by atoms with Gasteiger partial charge in [0.25, 0.3) is 0 Å². The number of benzene rings is 2. The van der Waals surface area contributed by atoms with Crippen molar-refractivity contribution < 1.29 is 23.4 Å². The lowest BCUT2D eigenvalue weighted by Crippen LogP contribution is -2.57. The van der Waals surface area contributed by atoms with Crippen LogP contribution in [-0.2, 0) is 9.47 Å². The van der Waals surface area contributed by atoms with Crippen LogP contribution in [0.25, 0.3) is 17.0 Å². The summed E-state index contributed by atoms with van der Waals surface area (Å²) in [7, 11) is 0. The van der Waals surface area contributed by atoms with Crippen molar-refractivity contribution in [1.82, 2.24) is 15.2 Å². The van der Waals surface area contributed by atoms with Gasteiger partial charge >= 0.3 is 0 Å². The highest BCUT2D eigenvalue weighted by Crippen LogP contribution is 2.51. The molecule has 184 valence electrons. The van der Waals surface area contributed by atoms with Crippen LogP contribution in [0.3, 0.4) is 0 Å². The van der Waals surface area contributed by atoms with E-state index in [4.69, 9.17) is 9.47 Å². The topological polar surface area (TPSA) is 70.1 Å². The van der Waals surface area contributed by atoms with Gasteiger partial charge in [0, 0.05) is 30.8 Å². The van der Waals surface area contributed by atoms with E-state index in [1.165, 1.54) is 24.3 Å². The Labute approximate surface area is 206 Å². The van der Waals surface area contributed by atoms with Gasteiger partial charge in [-0.1, -0.05) is 24.3 Å². The fourth-order valence-corrected chi connectivity index (χ4v) is 5.74. The minimum absolute atomic E-state index is 0.0866. The minimum Gasteiger partial charge on any atom is -0.507 e. The van der Waals surface area contributed by atoms with Crippen molar-refractivity contribution in [2.24, 2.45) is 0 Å². The molecule has 36 heavy (non-hydrogen) atoms. The van der Waals surface area contributed by atoms with E-state index in [1.807, 2.05) is 36.1 Å². The quantitative estimate of drug-likeness (QED) is 0.528. The highest BCUT2D eigenvalue weighted by atomic mass is 19.1. The molecular weight excluding hydrogens is 466 g/mol. The average molecular weight is 491 g/mol. The molecule has 2 aromatic carbocycles. The number of halogens is 2. The third-order valence-corrected chi connectivity index (χ3v) is 7.40. The molecule has 1 fully saturated rings. The van der Waals surface area contributed by atoms with Gasteiger partial charge in [-0.15, -0.1) is 0 Å². The van der Waals surface area contributed by atoms with Gasteiger partial charge in [0.15, 0.2) is 17.8 Å². The Morgan fingerprint density at radius 2 is 1.97 bits per heavy atom. The molecule has 7 nitrogen and oxygen atoms in total. The van der Waals surface area contributed by atoms with Gasteiger partial charge in [0.2, 0.25) is 0 Å². The van der Waals surface area contributed by atoms with Crippen LogP contribution in [0.5, 0.6) is 5.75 Å². The number of para-hydroxylation sites is 1. The molecule has 9 heteroatoms. The molecule has 7 rings (SSSR count). The van der Waals surface area contributed by atoms with Crippen molar-refractivity contribution in [2.75, 3.05) is 31.1 Å². The summed E-state index contributed by atoms with van der Waals surface area (Å²) in [4.78, 5) is 8.81. The molecule has 1 aromatic heterocycles. The van der Waals surface area contributed by atoms with Crippen molar-refractivity contribution in [3.63, 3.8) is 0 Å². The number of nitrogens with zero attached hydrogens (tertiary/aromatic N) is 3. The highest BCUT2D eigenvalue weighted by Gasteiger charge is 2.47. The van der Waals surface area contributed by atoms with Gasteiger partial charge in [-0.05, 0) is 31.2 Å². The number of fused-ring (bicyclic) bond motifs is 9. The van der Waals surface area contributed by atoms with E-state index in [1.54, 1.807) is 0 Å². The van der Waals surface area contributed by atoms with E-state index >= 15 is 4.39 Å². The number of phenols is 1. The number of nitrogens with one attached hydrogen (secondary N) is 1. The lowest BCUT2D eigenvalue weighted by molar-refractivity contribution is -0.0369. The van der Waals surface area contributed by atoms with Crippen LogP contribution in [0.2, 0.25) is 0 Å². The van der Waals surface area contributed by atoms with Crippen LogP contribution in [0.1, 0.15) is 24.2 Å². The maximum Gasteiger partial charge on any atom is 0.196 e. The number of phenolic OH excluding ortho intramolecular Hbond substituents is 1. The number of aromatic nitrogens is 1. The fourth-order valence-electron chi connectivity index (χ4n) is 5.74. The molecule has 0 saturated carbocycles. The summed E-state index contributed by atoms with van der Waals surface area (Å²) in [6, 6.07) is 13.2. The van der Waals surface area contributed by atoms with Gasteiger partial charge in [0.05, 0.1) is 29.1 Å². The van der Waals surface area contributed by atoms with Gasteiger partial charge in [-0.25, -0.2) is 13.8 Å². The van der Waals surface area contributed by atoms with Crippen LogP contribution in [0.15, 0.2) is 54.3 Å². The van der Waals surface area contributed by atoms with Crippen molar-refractivity contribution in [3.8, 4) is 17.0 Å². The summed E-state index contributed by atoms with van der Waals surface area (Å²) < 4.78 is 43.3. The third kappa shape index (κ3) is 2.99. The molecule has 1 saturated heterocycles. The molecule has 0 radical (unpaired) electrons. The number of aromatic hydroxyl groups is 1. The number of hydrogen-bond acceptors (Lipinski definition) is 7. The molecule has 2 N–H and O–H groups in total. The lowest BCUT2D eigenvalue weighted by atomic mass is 9.95. The Morgan fingerprint density at radius 3 is 2.83 bits per heavy atom. The van der Waals surface area contributed by atoms with Crippen molar-refractivity contribution in [1.29, 1.82) is 0 Å². The minimum atomic E-state index is -0.749. The van der Waals surface area contributed by atoms with Crippen molar-refractivity contribution in [2.45, 2.75) is 25.3 Å². The molecule has 0 aliphatic carbocycles. The summed E-state index contributed by atoms with van der Waals surface area (Å²) in [6.07, 6.45) is -0.828. The Morgan fingerprint density at radius 1 is 1.11 bits per heavy atom. The highest BCUT2D eigenvalue weighted by molar-refractivity contribution is 5.87. The first-order valence-electron chi connectivity index (χ1n) is 12.1. The zero-order chi connectivity index (χ0) is 24.6. The first-order valence-corrected chi connectivity index (χ1v) is 12.1.